The molecule has 1 aromatic rings. The topological polar surface area (TPSA) is 48.6 Å². The highest BCUT2D eigenvalue weighted by Gasteiger charge is 2.28. The highest BCUT2D eigenvalue weighted by molar-refractivity contribution is 5.02. The smallest absolute Gasteiger partial charge is 0.133 e. The quantitative estimate of drug-likeness (QED) is 0.878. The Hall–Kier alpha value is -0.840. The molecule has 1 aromatic heterocycles. The molecule has 2 fully saturated rings. The Morgan fingerprint density at radius 3 is 2.82 bits per heavy atom. The second-order valence-electron chi connectivity index (χ2n) is 7.18. The van der Waals surface area contributed by atoms with Gasteiger partial charge in [0.1, 0.15) is 11.9 Å². The van der Waals surface area contributed by atoms with Gasteiger partial charge in [0.2, 0.25) is 0 Å². The van der Waals surface area contributed by atoms with Crippen molar-refractivity contribution >= 4 is 0 Å². The van der Waals surface area contributed by atoms with E-state index in [0.29, 0.717) is 18.3 Å². The van der Waals surface area contributed by atoms with Gasteiger partial charge < -0.3 is 19.7 Å². The summed E-state index contributed by atoms with van der Waals surface area (Å²) < 4.78 is 5.24. The van der Waals surface area contributed by atoms with Crippen LogP contribution in [0.5, 0.6) is 0 Å². The number of piperidine rings is 1. The van der Waals surface area contributed by atoms with Gasteiger partial charge in [-0.3, -0.25) is 0 Å². The zero-order valence-electron chi connectivity index (χ0n) is 13.7. The fourth-order valence-corrected chi connectivity index (χ4v) is 4.06. The van der Waals surface area contributed by atoms with Crippen LogP contribution in [0.25, 0.3) is 0 Å². The summed E-state index contributed by atoms with van der Waals surface area (Å²) in [6, 6.07) is 5.00. The maximum atomic E-state index is 10.1. The number of aliphatic hydroxyl groups excluding tert-OH is 1. The Morgan fingerprint density at radius 1 is 1.32 bits per heavy atom. The predicted octanol–water partition coefficient (Wildman–Crippen LogP) is 2.95. The lowest BCUT2D eigenvalue weighted by atomic mass is 9.85. The van der Waals surface area contributed by atoms with Crippen molar-refractivity contribution in [1.29, 1.82) is 0 Å². The van der Waals surface area contributed by atoms with Gasteiger partial charge in [-0.05, 0) is 56.8 Å². The van der Waals surface area contributed by atoms with Crippen molar-refractivity contribution in [3.05, 3.63) is 24.2 Å². The Balaban J connectivity index is 1.38. The normalized spacial score (nSPS) is 29.5. The molecule has 0 radical (unpaired) electrons. The van der Waals surface area contributed by atoms with Gasteiger partial charge in [0.05, 0.1) is 6.26 Å². The summed E-state index contributed by atoms with van der Waals surface area (Å²) in [7, 11) is 0. The molecule has 1 aliphatic carbocycles. The maximum absolute atomic E-state index is 10.1. The number of aliphatic hydroxyl groups is 1. The van der Waals surface area contributed by atoms with Crippen molar-refractivity contribution in [3.8, 4) is 0 Å². The van der Waals surface area contributed by atoms with Gasteiger partial charge in [0, 0.05) is 18.6 Å². The van der Waals surface area contributed by atoms with Crippen molar-refractivity contribution in [2.24, 2.45) is 5.92 Å². The van der Waals surface area contributed by atoms with Crippen molar-refractivity contribution in [2.75, 3.05) is 19.6 Å². The highest BCUT2D eigenvalue weighted by Crippen LogP contribution is 2.29. The van der Waals surface area contributed by atoms with Crippen LogP contribution < -0.4 is 5.32 Å². The van der Waals surface area contributed by atoms with E-state index in [1.165, 1.54) is 51.6 Å². The largest absolute Gasteiger partial charge is 0.467 e. The summed E-state index contributed by atoms with van der Waals surface area (Å²) in [5.74, 6) is 1.55. The van der Waals surface area contributed by atoms with Crippen LogP contribution in [0.2, 0.25) is 0 Å². The standard InChI is InChI=1S/C18H30N2O2/c1-14-4-2-5-16(12-14)20-9-7-15(8-10-20)19-13-17(21)18-6-3-11-22-18/h3,6,11,14-17,19,21H,2,4-5,7-10,12-13H2,1H3. The monoisotopic (exact) mass is 306 g/mol. The van der Waals surface area contributed by atoms with Gasteiger partial charge in [-0.15, -0.1) is 0 Å². The van der Waals surface area contributed by atoms with Crippen molar-refractivity contribution in [3.63, 3.8) is 0 Å². The molecule has 0 aromatic carbocycles. The van der Waals surface area contributed by atoms with Crippen LogP contribution in [0, 0.1) is 5.92 Å². The number of hydrogen-bond donors (Lipinski definition) is 2. The Labute approximate surface area is 133 Å². The van der Waals surface area contributed by atoms with Gasteiger partial charge in [0.15, 0.2) is 0 Å². The van der Waals surface area contributed by atoms with Gasteiger partial charge in [0.25, 0.3) is 0 Å². The van der Waals surface area contributed by atoms with E-state index in [2.05, 4.69) is 17.1 Å². The van der Waals surface area contributed by atoms with Crippen LogP contribution in [-0.2, 0) is 0 Å². The van der Waals surface area contributed by atoms with E-state index in [1.807, 2.05) is 12.1 Å². The molecule has 0 bridgehead atoms. The van der Waals surface area contributed by atoms with Crippen LogP contribution in [0.1, 0.15) is 57.3 Å². The van der Waals surface area contributed by atoms with Crippen LogP contribution in [0.15, 0.2) is 22.8 Å². The molecule has 1 aliphatic heterocycles. The lowest BCUT2D eigenvalue weighted by Crippen LogP contribution is -2.48. The maximum Gasteiger partial charge on any atom is 0.133 e. The Kier molecular flexibility index (Phi) is 5.55. The SMILES string of the molecule is CC1CCCC(N2CCC(NCC(O)c3ccco3)CC2)C1. The number of rotatable bonds is 5. The molecule has 1 saturated heterocycles. The Morgan fingerprint density at radius 2 is 2.14 bits per heavy atom. The lowest BCUT2D eigenvalue weighted by Gasteiger charge is -2.41. The van der Waals surface area contributed by atoms with E-state index in [4.69, 9.17) is 4.42 Å². The first-order valence-electron chi connectivity index (χ1n) is 8.91. The van der Waals surface area contributed by atoms with Crippen molar-refractivity contribution in [2.45, 2.75) is 63.6 Å². The molecule has 2 aliphatic rings. The zero-order valence-corrected chi connectivity index (χ0v) is 13.7. The minimum absolute atomic E-state index is 0.530. The molecular formula is C18H30N2O2. The van der Waals surface area contributed by atoms with Crippen LogP contribution in [0.4, 0.5) is 0 Å². The van der Waals surface area contributed by atoms with E-state index < -0.39 is 6.10 Å². The van der Waals surface area contributed by atoms with E-state index in [0.717, 1.165) is 12.0 Å². The third kappa shape index (κ3) is 4.12. The molecule has 4 nitrogen and oxygen atoms in total. The molecule has 22 heavy (non-hydrogen) atoms. The molecule has 2 N–H and O–H groups in total. The summed E-state index contributed by atoms with van der Waals surface area (Å²) in [6.07, 6.45) is 9.05. The van der Waals surface area contributed by atoms with Crippen LogP contribution >= 0.6 is 0 Å². The summed E-state index contributed by atoms with van der Waals surface area (Å²) >= 11 is 0. The van der Waals surface area contributed by atoms with Gasteiger partial charge in [-0.1, -0.05) is 19.8 Å². The molecule has 124 valence electrons. The first kappa shape index (κ1) is 16.0. The first-order valence-corrected chi connectivity index (χ1v) is 8.91. The molecule has 3 unspecified atom stereocenters. The van der Waals surface area contributed by atoms with E-state index in [1.54, 1.807) is 6.26 Å². The summed E-state index contributed by atoms with van der Waals surface area (Å²) in [4.78, 5) is 2.71. The second kappa shape index (κ2) is 7.62. The number of nitrogens with zero attached hydrogens (tertiary/aromatic N) is 1. The molecular weight excluding hydrogens is 276 g/mol. The molecule has 3 atom stereocenters. The van der Waals surface area contributed by atoms with Gasteiger partial charge in [-0.25, -0.2) is 0 Å². The van der Waals surface area contributed by atoms with Crippen LogP contribution in [-0.4, -0.2) is 41.7 Å². The predicted molar refractivity (Wildman–Crippen MR) is 87.7 cm³/mol. The van der Waals surface area contributed by atoms with Gasteiger partial charge in [-0.2, -0.15) is 0 Å². The Bertz CT molecular complexity index is 426. The highest BCUT2D eigenvalue weighted by atomic mass is 16.4. The number of likely N-dealkylation sites (tertiary alicyclic amines) is 1. The summed E-state index contributed by atoms with van der Waals surface area (Å²) in [6.45, 7) is 5.38. The lowest BCUT2D eigenvalue weighted by molar-refractivity contribution is 0.0924. The average Bonchev–Trinajstić information content (AvgIpc) is 3.08. The number of hydrogen-bond acceptors (Lipinski definition) is 4. The van der Waals surface area contributed by atoms with E-state index in [-0.39, 0.29) is 0 Å². The molecule has 0 amide bonds. The molecule has 2 heterocycles. The second-order valence-corrected chi connectivity index (χ2v) is 7.18. The van der Waals surface area contributed by atoms with E-state index in [9.17, 15) is 5.11 Å². The van der Waals surface area contributed by atoms with E-state index >= 15 is 0 Å². The number of nitrogens with one attached hydrogen (secondary N) is 1. The molecule has 4 heteroatoms. The molecule has 0 spiro atoms. The fourth-order valence-electron chi connectivity index (χ4n) is 4.06. The van der Waals surface area contributed by atoms with Crippen molar-refractivity contribution in [1.82, 2.24) is 10.2 Å². The summed E-state index contributed by atoms with van der Waals surface area (Å²) in [5, 5.41) is 13.6. The zero-order chi connectivity index (χ0) is 15.4. The summed E-state index contributed by atoms with van der Waals surface area (Å²) in [5.41, 5.74) is 0. The van der Waals surface area contributed by atoms with Crippen molar-refractivity contribution < 1.29 is 9.52 Å². The minimum Gasteiger partial charge on any atom is -0.467 e. The fraction of sp³-hybridized carbons (Fsp3) is 0.778. The number of furan rings is 1. The third-order valence-corrected chi connectivity index (χ3v) is 5.43. The third-order valence-electron chi connectivity index (χ3n) is 5.43. The minimum atomic E-state index is -0.535. The molecule has 3 rings (SSSR count). The van der Waals surface area contributed by atoms with Crippen LogP contribution in [0.3, 0.4) is 0 Å². The first-order chi connectivity index (χ1) is 10.7. The van der Waals surface area contributed by atoms with Gasteiger partial charge >= 0.3 is 0 Å². The average molecular weight is 306 g/mol. The molecule has 1 saturated carbocycles.